The highest BCUT2D eigenvalue weighted by Crippen LogP contribution is 2.45. The zero-order valence-corrected chi connectivity index (χ0v) is 21.2. The first-order valence-corrected chi connectivity index (χ1v) is 13.1. The fourth-order valence-corrected chi connectivity index (χ4v) is 5.95. The molecule has 0 atom stereocenters. The number of sulfone groups is 1. The van der Waals surface area contributed by atoms with Crippen molar-refractivity contribution in [3.8, 4) is 11.1 Å². The molecule has 0 aromatic heterocycles. The molecule has 6 nitrogen and oxygen atoms in total. The maximum Gasteiger partial charge on any atom is 0.416 e. The van der Waals surface area contributed by atoms with Crippen LogP contribution in [0.4, 0.5) is 37.7 Å². The van der Waals surface area contributed by atoms with E-state index in [-0.39, 0.29) is 43.4 Å². The predicted octanol–water partition coefficient (Wildman–Crippen LogP) is 7.04. The largest absolute Gasteiger partial charge is 0.416 e. The summed E-state index contributed by atoms with van der Waals surface area (Å²) in [6.07, 6.45) is -9.31. The van der Waals surface area contributed by atoms with Gasteiger partial charge in [0.1, 0.15) is 0 Å². The molecule has 2 amide bonds. The molecule has 0 bridgehead atoms. The van der Waals surface area contributed by atoms with E-state index in [2.05, 4.69) is 10.6 Å². The molecule has 0 aliphatic carbocycles. The second kappa shape index (κ2) is 9.77. The van der Waals surface area contributed by atoms with Gasteiger partial charge in [0.15, 0.2) is 0 Å². The van der Waals surface area contributed by atoms with Crippen molar-refractivity contribution in [1.29, 1.82) is 0 Å². The number of alkyl halides is 6. The molecule has 2 N–H and O–H groups in total. The summed E-state index contributed by atoms with van der Waals surface area (Å²) < 4.78 is 104. The highest BCUT2D eigenvalue weighted by atomic mass is 32.2. The summed E-state index contributed by atoms with van der Waals surface area (Å²) in [5.74, 6) is -1.72. The molecule has 0 unspecified atom stereocenters. The number of carbonyl (C=O) groups is 2. The Morgan fingerprint density at radius 1 is 0.561 bits per heavy atom. The Balaban J connectivity index is 1.44. The van der Waals surface area contributed by atoms with Crippen LogP contribution >= 0.6 is 0 Å². The van der Waals surface area contributed by atoms with Gasteiger partial charge in [0.25, 0.3) is 11.8 Å². The Bertz CT molecular complexity index is 1710. The van der Waals surface area contributed by atoms with E-state index < -0.39 is 45.1 Å². The highest BCUT2D eigenvalue weighted by molar-refractivity contribution is 7.92. The smallest absolute Gasteiger partial charge is 0.322 e. The van der Waals surface area contributed by atoms with E-state index in [1.807, 2.05) is 0 Å². The quantitative estimate of drug-likeness (QED) is 0.220. The summed E-state index contributed by atoms with van der Waals surface area (Å²) >= 11 is 0. The molecule has 1 aliphatic rings. The highest BCUT2D eigenvalue weighted by Gasteiger charge is 2.34. The number of halogens is 6. The average molecular weight is 591 g/mol. The second-order valence-electron chi connectivity index (χ2n) is 8.99. The lowest BCUT2D eigenvalue weighted by atomic mass is 10.0. The van der Waals surface area contributed by atoms with Gasteiger partial charge in [0, 0.05) is 33.6 Å². The first-order chi connectivity index (χ1) is 19.1. The van der Waals surface area contributed by atoms with Gasteiger partial charge in [0.05, 0.1) is 20.9 Å². The maximum atomic E-state index is 13.1. The van der Waals surface area contributed by atoms with Gasteiger partial charge in [0.2, 0.25) is 9.84 Å². The zero-order chi connectivity index (χ0) is 29.7. The number of benzene rings is 4. The lowest BCUT2D eigenvalue weighted by Crippen LogP contribution is -2.14. The van der Waals surface area contributed by atoms with Crippen LogP contribution in [0.2, 0.25) is 0 Å². The van der Waals surface area contributed by atoms with Gasteiger partial charge in [-0.1, -0.05) is 12.1 Å². The van der Waals surface area contributed by atoms with Crippen LogP contribution in [0.3, 0.4) is 0 Å². The molecule has 41 heavy (non-hydrogen) atoms. The van der Waals surface area contributed by atoms with Gasteiger partial charge in [-0.15, -0.1) is 0 Å². The lowest BCUT2D eigenvalue weighted by Gasteiger charge is -2.11. The standard InChI is InChI=1S/C28H16F6N2O4S/c29-27(30,31)17-5-1-3-15(11-17)25(37)35-19-7-9-23-21(13-19)22-14-20(8-10-24(22)41(23,39)40)36-26(38)16-4-2-6-18(12-16)28(32,33)34/h1-14H,(H,35,37)(H,36,38). The number of anilines is 2. The number of hydrogen-bond donors (Lipinski definition) is 2. The van der Waals surface area contributed by atoms with E-state index >= 15 is 0 Å². The van der Waals surface area contributed by atoms with E-state index in [1.165, 1.54) is 48.5 Å². The van der Waals surface area contributed by atoms with Crippen LogP contribution in [0.25, 0.3) is 11.1 Å². The number of hydrogen-bond acceptors (Lipinski definition) is 4. The predicted molar refractivity (Wildman–Crippen MR) is 136 cm³/mol. The summed E-state index contributed by atoms with van der Waals surface area (Å²) in [5, 5.41) is 4.90. The average Bonchev–Trinajstić information content (AvgIpc) is 3.13. The topological polar surface area (TPSA) is 92.3 Å². The number of rotatable bonds is 4. The molecule has 0 saturated heterocycles. The Morgan fingerprint density at radius 3 is 1.32 bits per heavy atom. The fourth-order valence-electron chi connectivity index (χ4n) is 4.30. The van der Waals surface area contributed by atoms with E-state index in [4.69, 9.17) is 0 Å². The molecule has 0 saturated carbocycles. The van der Waals surface area contributed by atoms with Crippen molar-refractivity contribution >= 4 is 33.0 Å². The number of fused-ring (bicyclic) bond motifs is 3. The molecule has 0 spiro atoms. The van der Waals surface area contributed by atoms with E-state index in [0.29, 0.717) is 12.1 Å². The van der Waals surface area contributed by atoms with Crippen LogP contribution in [0, 0.1) is 0 Å². The Labute approximate surface area is 228 Å². The molecule has 0 fully saturated rings. The van der Waals surface area contributed by atoms with E-state index in [1.54, 1.807) is 0 Å². The van der Waals surface area contributed by atoms with Crippen LogP contribution in [-0.2, 0) is 22.2 Å². The first-order valence-electron chi connectivity index (χ1n) is 11.7. The van der Waals surface area contributed by atoms with Crippen molar-refractivity contribution in [3.05, 3.63) is 107 Å². The maximum absolute atomic E-state index is 13.1. The van der Waals surface area contributed by atoms with Crippen LogP contribution in [0.5, 0.6) is 0 Å². The molecule has 0 radical (unpaired) electrons. The van der Waals surface area contributed by atoms with Crippen molar-refractivity contribution in [2.45, 2.75) is 22.1 Å². The minimum Gasteiger partial charge on any atom is -0.322 e. The molecule has 4 aromatic carbocycles. The summed E-state index contributed by atoms with van der Waals surface area (Å²) in [7, 11) is -3.98. The van der Waals surface area contributed by atoms with Crippen molar-refractivity contribution in [2.24, 2.45) is 0 Å². The number of amides is 2. The molecular weight excluding hydrogens is 574 g/mol. The minimum atomic E-state index is -4.66. The van der Waals surface area contributed by atoms with Crippen molar-refractivity contribution < 1.29 is 44.3 Å². The summed E-state index contributed by atoms with van der Waals surface area (Å²) in [4.78, 5) is 25.1. The third-order valence-electron chi connectivity index (χ3n) is 6.25. The van der Waals surface area contributed by atoms with Gasteiger partial charge < -0.3 is 10.6 Å². The zero-order valence-electron chi connectivity index (χ0n) is 20.4. The molecule has 13 heteroatoms. The van der Waals surface area contributed by atoms with Crippen molar-refractivity contribution in [1.82, 2.24) is 0 Å². The normalized spacial score (nSPS) is 13.7. The molecule has 210 valence electrons. The molecule has 4 aromatic rings. The molecule has 1 aliphatic heterocycles. The third-order valence-corrected chi connectivity index (χ3v) is 8.12. The van der Waals surface area contributed by atoms with Crippen LogP contribution in [0.15, 0.2) is 94.7 Å². The molecular formula is C28H16F6N2O4S. The van der Waals surface area contributed by atoms with Gasteiger partial charge in [-0.3, -0.25) is 9.59 Å². The lowest BCUT2D eigenvalue weighted by molar-refractivity contribution is -0.138. The first kappa shape index (κ1) is 27.9. The van der Waals surface area contributed by atoms with E-state index in [9.17, 15) is 44.3 Å². The Morgan fingerprint density at radius 2 is 0.951 bits per heavy atom. The van der Waals surface area contributed by atoms with Crippen molar-refractivity contribution in [3.63, 3.8) is 0 Å². The van der Waals surface area contributed by atoms with Gasteiger partial charge >= 0.3 is 12.4 Å². The summed E-state index contributed by atoms with van der Waals surface area (Å²) in [6, 6.07) is 15.2. The number of carbonyl (C=O) groups excluding carboxylic acids is 2. The second-order valence-corrected chi connectivity index (χ2v) is 10.9. The Kier molecular flexibility index (Phi) is 6.65. The van der Waals surface area contributed by atoms with E-state index in [0.717, 1.165) is 24.3 Å². The summed E-state index contributed by atoms with van der Waals surface area (Å²) in [6.45, 7) is 0. The SMILES string of the molecule is O=C(Nc1ccc2c(c1)-c1cc(NC(=O)c3cccc(C(F)(F)F)c3)ccc1S2(=O)=O)c1cccc(C(F)(F)F)c1. The Hall–Kier alpha value is -4.65. The third kappa shape index (κ3) is 5.40. The fraction of sp³-hybridized carbons (Fsp3) is 0.0714. The molecule has 1 heterocycles. The monoisotopic (exact) mass is 590 g/mol. The molecule has 5 rings (SSSR count). The van der Waals surface area contributed by atoms with Crippen LogP contribution in [0.1, 0.15) is 31.8 Å². The summed E-state index contributed by atoms with van der Waals surface area (Å²) in [5.41, 5.74) is -2.09. The van der Waals surface area contributed by atoms with Crippen molar-refractivity contribution in [2.75, 3.05) is 10.6 Å². The van der Waals surface area contributed by atoms with Gasteiger partial charge in [-0.2, -0.15) is 26.3 Å². The minimum absolute atomic E-state index is 0.0904. The number of nitrogens with one attached hydrogen (secondary N) is 2. The van der Waals surface area contributed by atoms with Crippen LogP contribution < -0.4 is 10.6 Å². The van der Waals surface area contributed by atoms with Crippen LogP contribution in [-0.4, -0.2) is 20.2 Å². The van der Waals surface area contributed by atoms with Gasteiger partial charge in [-0.25, -0.2) is 8.42 Å². The van der Waals surface area contributed by atoms with Gasteiger partial charge in [-0.05, 0) is 72.8 Å².